The number of para-hydroxylation sites is 2. The average molecular weight is 309 g/mol. The van der Waals surface area contributed by atoms with Gasteiger partial charge in [0.05, 0.1) is 11.0 Å². The molecule has 1 fully saturated rings. The van der Waals surface area contributed by atoms with Crippen molar-refractivity contribution in [3.63, 3.8) is 0 Å². The zero-order valence-electron chi connectivity index (χ0n) is 12.5. The minimum absolute atomic E-state index is 0.0522. The summed E-state index contributed by atoms with van der Waals surface area (Å²) in [6.45, 7) is 1.33. The summed E-state index contributed by atoms with van der Waals surface area (Å²) in [5.74, 6) is 0.763. The molecule has 1 aliphatic rings. The van der Waals surface area contributed by atoms with Crippen LogP contribution in [-0.2, 0) is 0 Å². The number of aromatic nitrogens is 2. The first-order valence-electron chi connectivity index (χ1n) is 7.70. The smallest absolute Gasteiger partial charge is 0.253 e. The molecule has 2 heterocycles. The van der Waals surface area contributed by atoms with Crippen LogP contribution in [0.4, 0.5) is 4.39 Å². The Kier molecular flexibility index (Phi) is 3.33. The maximum Gasteiger partial charge on any atom is 0.253 e. The lowest BCUT2D eigenvalue weighted by Gasteiger charge is -2.16. The van der Waals surface area contributed by atoms with Gasteiger partial charge in [-0.1, -0.05) is 12.1 Å². The molecule has 0 bridgehead atoms. The number of hydrogen-bond acceptors (Lipinski definition) is 2. The molecule has 1 N–H and O–H groups in total. The number of hydrogen-bond donors (Lipinski definition) is 1. The molecule has 3 aromatic rings. The van der Waals surface area contributed by atoms with Crippen LogP contribution in [0.3, 0.4) is 0 Å². The van der Waals surface area contributed by atoms with Crippen molar-refractivity contribution < 1.29 is 9.18 Å². The molecule has 4 rings (SSSR count). The van der Waals surface area contributed by atoms with Crippen molar-refractivity contribution in [2.45, 2.75) is 12.3 Å². The Morgan fingerprint density at radius 2 is 1.96 bits per heavy atom. The molecule has 116 valence electrons. The largest absolute Gasteiger partial charge is 0.342 e. The van der Waals surface area contributed by atoms with Crippen LogP contribution >= 0.6 is 0 Å². The van der Waals surface area contributed by atoms with E-state index in [1.165, 1.54) is 24.3 Å². The molecule has 1 aromatic heterocycles. The van der Waals surface area contributed by atoms with Crippen molar-refractivity contribution in [1.82, 2.24) is 14.9 Å². The molecule has 0 unspecified atom stereocenters. The molecule has 0 spiro atoms. The molecule has 4 nitrogen and oxygen atoms in total. The highest BCUT2D eigenvalue weighted by Crippen LogP contribution is 2.27. The third-order valence-electron chi connectivity index (χ3n) is 4.36. The van der Waals surface area contributed by atoms with Crippen molar-refractivity contribution in [2.75, 3.05) is 13.1 Å². The Balaban J connectivity index is 1.52. The van der Waals surface area contributed by atoms with Gasteiger partial charge < -0.3 is 9.88 Å². The van der Waals surface area contributed by atoms with E-state index in [9.17, 15) is 9.18 Å². The fraction of sp³-hybridized carbons (Fsp3) is 0.222. The SMILES string of the molecule is O=C(c1ccc(F)cc1)N1CC[C@H](c2nc3ccccc3[nH]2)C1. The standard InChI is InChI=1S/C18H16FN3O/c19-14-7-5-12(6-8-14)18(23)22-10-9-13(11-22)17-20-15-3-1-2-4-16(15)21-17/h1-8,13H,9-11H2,(H,20,21)/t13-/m0/s1. The van der Waals surface area contributed by atoms with E-state index in [2.05, 4.69) is 9.97 Å². The van der Waals surface area contributed by atoms with Crippen molar-refractivity contribution in [2.24, 2.45) is 0 Å². The summed E-state index contributed by atoms with van der Waals surface area (Å²) in [5.41, 5.74) is 2.49. The number of H-pyrrole nitrogens is 1. The molecular formula is C18H16FN3O. The molecule has 1 aliphatic heterocycles. The number of nitrogens with zero attached hydrogens (tertiary/aromatic N) is 2. The Hall–Kier alpha value is -2.69. The summed E-state index contributed by atoms with van der Waals surface area (Å²) in [6, 6.07) is 13.6. The number of rotatable bonds is 2. The van der Waals surface area contributed by atoms with Crippen LogP contribution < -0.4 is 0 Å². The fourth-order valence-electron chi connectivity index (χ4n) is 3.11. The van der Waals surface area contributed by atoms with Crippen LogP contribution in [0.25, 0.3) is 11.0 Å². The van der Waals surface area contributed by atoms with E-state index in [0.717, 1.165) is 23.3 Å². The summed E-state index contributed by atoms with van der Waals surface area (Å²) in [6.07, 6.45) is 0.882. The van der Waals surface area contributed by atoms with Gasteiger partial charge in [0.2, 0.25) is 0 Å². The van der Waals surface area contributed by atoms with Crippen molar-refractivity contribution in [3.8, 4) is 0 Å². The van der Waals surface area contributed by atoms with E-state index in [4.69, 9.17) is 0 Å². The van der Waals surface area contributed by atoms with E-state index in [0.29, 0.717) is 18.7 Å². The predicted molar refractivity (Wildman–Crippen MR) is 85.8 cm³/mol. The second-order valence-electron chi connectivity index (χ2n) is 5.88. The molecular weight excluding hydrogens is 293 g/mol. The van der Waals surface area contributed by atoms with Crippen molar-refractivity contribution >= 4 is 16.9 Å². The number of benzene rings is 2. The van der Waals surface area contributed by atoms with Crippen LogP contribution in [0.2, 0.25) is 0 Å². The molecule has 0 radical (unpaired) electrons. The van der Waals surface area contributed by atoms with Crippen LogP contribution in [0.1, 0.15) is 28.5 Å². The van der Waals surface area contributed by atoms with E-state index in [-0.39, 0.29) is 17.6 Å². The van der Waals surface area contributed by atoms with Crippen LogP contribution in [0.15, 0.2) is 48.5 Å². The van der Waals surface area contributed by atoms with Crippen molar-refractivity contribution in [1.29, 1.82) is 0 Å². The predicted octanol–water partition coefficient (Wildman–Crippen LogP) is 3.33. The van der Waals surface area contributed by atoms with Crippen LogP contribution in [-0.4, -0.2) is 33.9 Å². The van der Waals surface area contributed by atoms with Gasteiger partial charge >= 0.3 is 0 Å². The molecule has 23 heavy (non-hydrogen) atoms. The molecule has 1 amide bonds. The van der Waals surface area contributed by atoms with E-state index in [1.807, 2.05) is 29.2 Å². The normalized spacial score (nSPS) is 17.8. The number of fused-ring (bicyclic) bond motifs is 1. The van der Waals surface area contributed by atoms with Gasteiger partial charge in [-0.2, -0.15) is 0 Å². The lowest BCUT2D eigenvalue weighted by molar-refractivity contribution is 0.0790. The van der Waals surface area contributed by atoms with Gasteiger partial charge in [-0.3, -0.25) is 4.79 Å². The molecule has 0 saturated carbocycles. The van der Waals surface area contributed by atoms with Gasteiger partial charge in [0.25, 0.3) is 5.91 Å². The monoisotopic (exact) mass is 309 g/mol. The van der Waals surface area contributed by atoms with Gasteiger partial charge in [0.1, 0.15) is 11.6 Å². The number of nitrogens with one attached hydrogen (secondary N) is 1. The Labute approximate surface area is 133 Å². The second-order valence-corrected chi connectivity index (χ2v) is 5.88. The van der Waals surface area contributed by atoms with E-state index < -0.39 is 0 Å². The number of amides is 1. The highest BCUT2D eigenvalue weighted by atomic mass is 19.1. The van der Waals surface area contributed by atoms with Gasteiger partial charge in [0, 0.05) is 24.6 Å². The number of imidazole rings is 1. The number of aromatic amines is 1. The lowest BCUT2D eigenvalue weighted by Crippen LogP contribution is -2.28. The Bertz CT molecular complexity index is 823. The fourth-order valence-corrected chi connectivity index (χ4v) is 3.11. The topological polar surface area (TPSA) is 49.0 Å². The maximum absolute atomic E-state index is 13.0. The van der Waals surface area contributed by atoms with Gasteiger partial charge in [-0.25, -0.2) is 9.37 Å². The summed E-state index contributed by atoms with van der Waals surface area (Å²) in [7, 11) is 0. The number of likely N-dealkylation sites (tertiary alicyclic amines) is 1. The first kappa shape index (κ1) is 13.9. The zero-order valence-corrected chi connectivity index (χ0v) is 12.5. The average Bonchev–Trinajstić information content (AvgIpc) is 3.21. The molecule has 5 heteroatoms. The maximum atomic E-state index is 13.0. The summed E-state index contributed by atoms with van der Waals surface area (Å²) in [4.78, 5) is 22.3. The quantitative estimate of drug-likeness (QED) is 0.789. The molecule has 0 aliphatic carbocycles. The number of carbonyl (C=O) groups excluding carboxylic acids is 1. The first-order valence-corrected chi connectivity index (χ1v) is 7.70. The van der Waals surface area contributed by atoms with Gasteiger partial charge in [0.15, 0.2) is 0 Å². The lowest BCUT2D eigenvalue weighted by atomic mass is 10.1. The second kappa shape index (κ2) is 5.50. The van der Waals surface area contributed by atoms with Gasteiger partial charge in [-0.15, -0.1) is 0 Å². The van der Waals surface area contributed by atoms with E-state index >= 15 is 0 Å². The highest BCUT2D eigenvalue weighted by molar-refractivity contribution is 5.94. The Morgan fingerprint density at radius 3 is 2.74 bits per heavy atom. The highest BCUT2D eigenvalue weighted by Gasteiger charge is 2.29. The number of carbonyl (C=O) groups is 1. The van der Waals surface area contributed by atoms with Crippen LogP contribution in [0, 0.1) is 5.82 Å². The van der Waals surface area contributed by atoms with E-state index in [1.54, 1.807) is 0 Å². The zero-order chi connectivity index (χ0) is 15.8. The third-order valence-corrected chi connectivity index (χ3v) is 4.36. The summed E-state index contributed by atoms with van der Waals surface area (Å²) in [5, 5.41) is 0. The van der Waals surface area contributed by atoms with Crippen molar-refractivity contribution in [3.05, 3.63) is 65.7 Å². The van der Waals surface area contributed by atoms with Gasteiger partial charge in [-0.05, 0) is 42.8 Å². The Morgan fingerprint density at radius 1 is 1.17 bits per heavy atom. The number of halogens is 1. The summed E-state index contributed by atoms with van der Waals surface area (Å²) >= 11 is 0. The third kappa shape index (κ3) is 2.59. The minimum Gasteiger partial charge on any atom is -0.342 e. The van der Waals surface area contributed by atoms with Crippen LogP contribution in [0.5, 0.6) is 0 Å². The molecule has 1 saturated heterocycles. The minimum atomic E-state index is -0.330. The molecule has 1 atom stereocenters. The first-order chi connectivity index (χ1) is 11.2. The molecule has 2 aromatic carbocycles. The summed E-state index contributed by atoms with van der Waals surface area (Å²) < 4.78 is 13.0.